The predicted octanol–water partition coefficient (Wildman–Crippen LogP) is 1.03. The molecule has 1 unspecified atom stereocenters. The van der Waals surface area contributed by atoms with Gasteiger partial charge in [0.15, 0.2) is 11.6 Å². The number of amides is 2. The molecule has 2 amide bonds. The summed E-state index contributed by atoms with van der Waals surface area (Å²) in [5.74, 6) is -0.493. The van der Waals surface area contributed by atoms with Crippen LogP contribution in [0.1, 0.15) is 11.6 Å². The Hall–Kier alpha value is -2.20. The zero-order valence-electron chi connectivity index (χ0n) is 7.88. The Kier molecular flexibility index (Phi) is 2.42. The minimum Gasteiger partial charge on any atom is -0.325 e. The van der Waals surface area contributed by atoms with Crippen molar-refractivity contribution < 1.29 is 18.4 Å². The van der Waals surface area contributed by atoms with Gasteiger partial charge in [0.25, 0.3) is 0 Å². The van der Waals surface area contributed by atoms with Crippen LogP contribution in [0.3, 0.4) is 0 Å². The van der Waals surface area contributed by atoms with Crippen LogP contribution in [-0.2, 0) is 4.79 Å². The molecule has 0 saturated carbocycles. The molecule has 0 aromatic heterocycles. The fraction of sp³-hybridized carbons (Fsp3) is 0.100. The van der Waals surface area contributed by atoms with Crippen molar-refractivity contribution in [2.45, 2.75) is 6.04 Å². The van der Waals surface area contributed by atoms with Gasteiger partial charge in [-0.3, -0.25) is 5.32 Å². The maximum absolute atomic E-state index is 12.9. The van der Waals surface area contributed by atoms with Crippen LogP contribution in [0.2, 0.25) is 0 Å². The van der Waals surface area contributed by atoms with Crippen molar-refractivity contribution in [2.24, 2.45) is 0 Å². The molecule has 1 saturated heterocycles. The number of hydrogen-bond donors (Lipinski definition) is 2. The fourth-order valence-corrected chi connectivity index (χ4v) is 1.46. The van der Waals surface area contributed by atoms with Crippen molar-refractivity contribution in [3.8, 4) is 0 Å². The molecule has 0 radical (unpaired) electrons. The van der Waals surface area contributed by atoms with E-state index >= 15 is 0 Å². The van der Waals surface area contributed by atoms with E-state index in [1.807, 2.05) is 0 Å². The Morgan fingerprint density at radius 3 is 2.62 bits per heavy atom. The molecule has 1 aliphatic heterocycles. The summed E-state index contributed by atoms with van der Waals surface area (Å²) in [6, 6.07) is 1.75. The summed E-state index contributed by atoms with van der Waals surface area (Å²) >= 11 is 0. The average Bonchev–Trinajstić information content (AvgIpc) is 2.63. The molecular weight excluding hydrogens is 218 g/mol. The van der Waals surface area contributed by atoms with Crippen molar-refractivity contribution in [2.75, 3.05) is 0 Å². The van der Waals surface area contributed by atoms with E-state index in [2.05, 4.69) is 10.6 Å². The summed E-state index contributed by atoms with van der Waals surface area (Å²) in [6.45, 7) is 0. The van der Waals surface area contributed by atoms with Crippen LogP contribution >= 0.6 is 0 Å². The SMILES string of the molecule is O=C=C1NC(=O)NC1c1ccc(F)c(F)c1. The first-order valence-corrected chi connectivity index (χ1v) is 4.39. The number of benzene rings is 1. The summed E-state index contributed by atoms with van der Waals surface area (Å²) in [7, 11) is 0. The maximum atomic E-state index is 12.9. The van der Waals surface area contributed by atoms with Crippen molar-refractivity contribution >= 4 is 12.0 Å². The van der Waals surface area contributed by atoms with E-state index in [9.17, 15) is 18.4 Å². The van der Waals surface area contributed by atoms with Crippen LogP contribution in [0.25, 0.3) is 0 Å². The van der Waals surface area contributed by atoms with Gasteiger partial charge < -0.3 is 5.32 Å². The van der Waals surface area contributed by atoms with Crippen molar-refractivity contribution in [3.63, 3.8) is 0 Å². The highest BCUT2D eigenvalue weighted by Crippen LogP contribution is 2.23. The monoisotopic (exact) mass is 224 g/mol. The largest absolute Gasteiger partial charge is 0.325 e. The molecule has 6 heteroatoms. The van der Waals surface area contributed by atoms with Crippen molar-refractivity contribution in [1.29, 1.82) is 0 Å². The van der Waals surface area contributed by atoms with Gasteiger partial charge in [0.2, 0.25) is 0 Å². The molecule has 16 heavy (non-hydrogen) atoms. The minimum atomic E-state index is -1.04. The third-order valence-corrected chi connectivity index (χ3v) is 2.20. The zero-order valence-corrected chi connectivity index (χ0v) is 7.88. The van der Waals surface area contributed by atoms with E-state index in [0.717, 1.165) is 12.1 Å². The second kappa shape index (κ2) is 3.75. The lowest BCUT2D eigenvalue weighted by Gasteiger charge is -2.08. The number of hydrogen-bond acceptors (Lipinski definition) is 2. The Balaban J connectivity index is 2.41. The van der Waals surface area contributed by atoms with Crippen LogP contribution in [0.4, 0.5) is 13.6 Å². The zero-order chi connectivity index (χ0) is 11.7. The van der Waals surface area contributed by atoms with E-state index < -0.39 is 23.7 Å². The van der Waals surface area contributed by atoms with Gasteiger partial charge >= 0.3 is 6.03 Å². The number of halogens is 2. The molecule has 0 aliphatic carbocycles. The first-order valence-electron chi connectivity index (χ1n) is 4.39. The summed E-state index contributed by atoms with van der Waals surface area (Å²) in [5, 5.41) is 4.59. The molecule has 1 aromatic rings. The number of rotatable bonds is 1. The quantitative estimate of drug-likeness (QED) is 0.700. The highest BCUT2D eigenvalue weighted by atomic mass is 19.2. The summed E-state index contributed by atoms with van der Waals surface area (Å²) in [4.78, 5) is 21.5. The third-order valence-electron chi connectivity index (χ3n) is 2.20. The molecule has 2 N–H and O–H groups in total. The first kappa shape index (κ1) is 10.3. The van der Waals surface area contributed by atoms with Gasteiger partial charge in [0, 0.05) is 0 Å². The lowest BCUT2D eigenvalue weighted by Crippen LogP contribution is -2.21. The van der Waals surface area contributed by atoms with Gasteiger partial charge in [0.1, 0.15) is 17.7 Å². The van der Waals surface area contributed by atoms with Crippen LogP contribution in [-0.4, -0.2) is 12.0 Å². The molecule has 2 rings (SSSR count). The molecule has 0 spiro atoms. The summed E-state index contributed by atoms with van der Waals surface area (Å²) < 4.78 is 25.6. The standard InChI is InChI=1S/C10H6F2N2O2/c11-6-2-1-5(3-7(6)12)9-8(4-15)13-10(16)14-9/h1-3,9H,(H2,13,14,16). The molecule has 82 valence electrons. The first-order chi connectivity index (χ1) is 7.61. The Morgan fingerprint density at radius 2 is 2.00 bits per heavy atom. The normalized spacial score (nSPS) is 19.0. The number of urea groups is 1. The second-order valence-electron chi connectivity index (χ2n) is 3.22. The third kappa shape index (κ3) is 1.66. The second-order valence-corrected chi connectivity index (χ2v) is 3.22. The van der Waals surface area contributed by atoms with Crippen LogP contribution < -0.4 is 10.6 Å². The smallest absolute Gasteiger partial charge is 0.320 e. The van der Waals surface area contributed by atoms with Crippen molar-refractivity contribution in [1.82, 2.24) is 10.6 Å². The summed E-state index contributed by atoms with van der Waals surface area (Å²) in [5.41, 5.74) is 0.228. The Bertz CT molecular complexity index is 510. The van der Waals surface area contributed by atoms with Crippen molar-refractivity contribution in [3.05, 3.63) is 41.1 Å². The summed E-state index contributed by atoms with van der Waals surface area (Å²) in [6.07, 6.45) is 0. The van der Waals surface area contributed by atoms with Crippen LogP contribution in [0, 0.1) is 11.6 Å². The van der Waals surface area contributed by atoms with E-state index in [0.29, 0.717) is 0 Å². The number of carbonyl (C=O) groups excluding carboxylic acids is 2. The van der Waals surface area contributed by atoms with Gasteiger partial charge in [-0.1, -0.05) is 6.07 Å². The molecule has 1 fully saturated rings. The van der Waals surface area contributed by atoms with E-state index in [-0.39, 0.29) is 11.3 Å². The van der Waals surface area contributed by atoms with Gasteiger partial charge in [-0.15, -0.1) is 0 Å². The molecule has 4 nitrogen and oxygen atoms in total. The lowest BCUT2D eigenvalue weighted by molar-refractivity contribution is 0.247. The van der Waals surface area contributed by atoms with E-state index in [4.69, 9.17) is 0 Å². The van der Waals surface area contributed by atoms with Gasteiger partial charge in [-0.05, 0) is 17.7 Å². The Labute approximate surface area is 88.9 Å². The van der Waals surface area contributed by atoms with Crippen LogP contribution in [0.5, 0.6) is 0 Å². The molecule has 1 aromatic carbocycles. The predicted molar refractivity (Wildman–Crippen MR) is 50.0 cm³/mol. The molecule has 1 heterocycles. The number of carbonyl (C=O) groups is 1. The average molecular weight is 224 g/mol. The molecule has 0 bridgehead atoms. The number of nitrogens with one attached hydrogen (secondary N) is 2. The fourth-order valence-electron chi connectivity index (χ4n) is 1.46. The van der Waals surface area contributed by atoms with Crippen LogP contribution in [0.15, 0.2) is 23.9 Å². The molecular formula is C10H6F2N2O2. The van der Waals surface area contributed by atoms with Gasteiger partial charge in [-0.2, -0.15) is 0 Å². The molecule has 1 aliphatic rings. The maximum Gasteiger partial charge on any atom is 0.320 e. The highest BCUT2D eigenvalue weighted by molar-refractivity contribution is 5.84. The topological polar surface area (TPSA) is 58.2 Å². The van der Waals surface area contributed by atoms with Gasteiger partial charge in [-0.25, -0.2) is 18.4 Å². The van der Waals surface area contributed by atoms with Gasteiger partial charge in [0.05, 0.1) is 0 Å². The van der Waals surface area contributed by atoms with E-state index in [1.54, 1.807) is 0 Å². The highest BCUT2D eigenvalue weighted by Gasteiger charge is 2.29. The van der Waals surface area contributed by atoms with E-state index in [1.165, 1.54) is 12.0 Å². The lowest BCUT2D eigenvalue weighted by atomic mass is 10.1. The minimum absolute atomic E-state index is 0.0454. The molecule has 1 atom stereocenters. The Morgan fingerprint density at radius 1 is 1.25 bits per heavy atom.